The molecule has 1 heterocycles. The third-order valence-corrected chi connectivity index (χ3v) is 2.69. The van der Waals surface area contributed by atoms with Gasteiger partial charge in [-0.25, -0.2) is 4.98 Å². The van der Waals surface area contributed by atoms with Gasteiger partial charge in [0, 0.05) is 16.9 Å². The molecule has 5 heteroatoms. The maximum absolute atomic E-state index is 4.24. The number of rotatable bonds is 3. The van der Waals surface area contributed by atoms with Crippen LogP contribution in [0, 0.1) is 0 Å². The van der Waals surface area contributed by atoms with Crippen molar-refractivity contribution in [2.24, 2.45) is 5.10 Å². The van der Waals surface area contributed by atoms with Crippen molar-refractivity contribution in [2.45, 2.75) is 6.92 Å². The van der Waals surface area contributed by atoms with E-state index in [0.29, 0.717) is 5.82 Å². The monoisotopic (exact) mass is 290 g/mol. The Morgan fingerprint density at radius 1 is 1.24 bits per heavy atom. The van der Waals surface area contributed by atoms with Gasteiger partial charge >= 0.3 is 0 Å². The summed E-state index contributed by atoms with van der Waals surface area (Å²) in [5.41, 5.74) is 4.81. The predicted molar refractivity (Wildman–Crippen MR) is 72.0 cm³/mol. The van der Waals surface area contributed by atoms with Crippen LogP contribution in [0.4, 0.5) is 5.82 Å². The van der Waals surface area contributed by atoms with Gasteiger partial charge in [0.25, 0.3) is 0 Å². The molecule has 0 amide bonds. The van der Waals surface area contributed by atoms with Crippen LogP contribution in [0.5, 0.6) is 0 Å². The maximum Gasteiger partial charge on any atom is 0.164 e. The number of nitrogens with one attached hydrogen (secondary N) is 1. The lowest BCUT2D eigenvalue weighted by Crippen LogP contribution is -2.00. The maximum atomic E-state index is 4.24. The van der Waals surface area contributed by atoms with Gasteiger partial charge in [0.2, 0.25) is 0 Å². The molecule has 0 spiro atoms. The largest absolute Gasteiger partial charge is 0.260 e. The van der Waals surface area contributed by atoms with E-state index in [1.54, 1.807) is 18.6 Å². The Labute approximate surface area is 108 Å². The molecule has 2 rings (SSSR count). The van der Waals surface area contributed by atoms with E-state index in [1.165, 1.54) is 0 Å². The number of aromatic nitrogens is 2. The molecule has 0 bridgehead atoms. The molecular weight excluding hydrogens is 280 g/mol. The van der Waals surface area contributed by atoms with Crippen LogP contribution in [0.2, 0.25) is 0 Å². The molecule has 86 valence electrons. The van der Waals surface area contributed by atoms with Crippen LogP contribution in [0.25, 0.3) is 0 Å². The van der Waals surface area contributed by atoms with Crippen LogP contribution in [-0.4, -0.2) is 15.7 Å². The highest BCUT2D eigenvalue weighted by Gasteiger charge is 1.97. The number of benzene rings is 1. The Hall–Kier alpha value is -1.75. The van der Waals surface area contributed by atoms with Crippen molar-refractivity contribution in [2.75, 3.05) is 5.43 Å². The van der Waals surface area contributed by atoms with Crippen molar-refractivity contribution in [3.63, 3.8) is 0 Å². The number of halogens is 1. The Bertz CT molecular complexity index is 508. The molecule has 0 atom stereocenters. The zero-order valence-electron chi connectivity index (χ0n) is 9.26. The van der Waals surface area contributed by atoms with Gasteiger partial charge in [-0.15, -0.1) is 0 Å². The zero-order valence-corrected chi connectivity index (χ0v) is 10.8. The molecule has 1 N–H and O–H groups in total. The fourth-order valence-corrected chi connectivity index (χ4v) is 1.52. The van der Waals surface area contributed by atoms with E-state index in [0.717, 1.165) is 15.7 Å². The molecule has 1 aromatic heterocycles. The topological polar surface area (TPSA) is 50.2 Å². The number of hydrogen-bond acceptors (Lipinski definition) is 4. The van der Waals surface area contributed by atoms with Gasteiger partial charge in [-0.2, -0.15) is 5.10 Å². The molecule has 0 fully saturated rings. The van der Waals surface area contributed by atoms with Gasteiger partial charge < -0.3 is 0 Å². The number of hydrogen-bond donors (Lipinski definition) is 1. The Balaban J connectivity index is 2.10. The highest BCUT2D eigenvalue weighted by atomic mass is 79.9. The van der Waals surface area contributed by atoms with Gasteiger partial charge in [0.15, 0.2) is 5.82 Å². The molecule has 0 aliphatic rings. The van der Waals surface area contributed by atoms with Gasteiger partial charge in [0.1, 0.15) is 0 Å². The highest BCUT2D eigenvalue weighted by molar-refractivity contribution is 9.10. The van der Waals surface area contributed by atoms with Crippen LogP contribution >= 0.6 is 15.9 Å². The molecule has 0 saturated heterocycles. The first-order valence-corrected chi connectivity index (χ1v) is 5.87. The SMILES string of the molecule is C/C(=N/Nc1cnccn1)c1ccc(Br)cc1. The lowest BCUT2D eigenvalue weighted by Gasteiger charge is -2.02. The Kier molecular flexibility index (Phi) is 3.82. The molecule has 0 unspecified atom stereocenters. The van der Waals surface area contributed by atoms with Crippen LogP contribution in [0.15, 0.2) is 52.4 Å². The summed E-state index contributed by atoms with van der Waals surface area (Å²) >= 11 is 3.40. The molecule has 0 radical (unpaired) electrons. The Morgan fingerprint density at radius 3 is 2.65 bits per heavy atom. The second-order valence-electron chi connectivity index (χ2n) is 3.41. The van der Waals surface area contributed by atoms with Crippen molar-refractivity contribution in [1.82, 2.24) is 9.97 Å². The summed E-state index contributed by atoms with van der Waals surface area (Å²) in [6.45, 7) is 1.94. The zero-order chi connectivity index (χ0) is 12.1. The Morgan fingerprint density at radius 2 is 2.00 bits per heavy atom. The number of hydrazone groups is 1. The summed E-state index contributed by atoms with van der Waals surface area (Å²) in [6, 6.07) is 7.97. The van der Waals surface area contributed by atoms with E-state index in [1.807, 2.05) is 31.2 Å². The van der Waals surface area contributed by atoms with Crippen molar-refractivity contribution in [3.8, 4) is 0 Å². The van der Waals surface area contributed by atoms with Gasteiger partial charge in [-0.3, -0.25) is 10.4 Å². The molecule has 0 aliphatic heterocycles. The van der Waals surface area contributed by atoms with Crippen LogP contribution < -0.4 is 5.43 Å². The highest BCUT2D eigenvalue weighted by Crippen LogP contribution is 2.11. The van der Waals surface area contributed by atoms with Crippen LogP contribution in [-0.2, 0) is 0 Å². The fourth-order valence-electron chi connectivity index (χ4n) is 1.25. The third-order valence-electron chi connectivity index (χ3n) is 2.16. The van der Waals surface area contributed by atoms with Crippen molar-refractivity contribution >= 4 is 27.5 Å². The predicted octanol–water partition coefficient (Wildman–Crippen LogP) is 3.08. The standard InChI is InChI=1S/C12H11BrN4/c1-9(10-2-4-11(13)5-3-10)16-17-12-8-14-6-7-15-12/h2-8H,1H3,(H,15,17)/b16-9-. The van der Waals surface area contributed by atoms with E-state index in [4.69, 9.17) is 0 Å². The van der Waals surface area contributed by atoms with E-state index < -0.39 is 0 Å². The number of nitrogens with zero attached hydrogens (tertiary/aromatic N) is 3. The van der Waals surface area contributed by atoms with E-state index >= 15 is 0 Å². The average molecular weight is 291 g/mol. The van der Waals surface area contributed by atoms with Crippen molar-refractivity contribution < 1.29 is 0 Å². The van der Waals surface area contributed by atoms with E-state index in [9.17, 15) is 0 Å². The number of anilines is 1. The summed E-state index contributed by atoms with van der Waals surface area (Å²) in [6.07, 6.45) is 4.86. The minimum atomic E-state index is 0.629. The second kappa shape index (κ2) is 5.54. The first-order valence-electron chi connectivity index (χ1n) is 5.08. The normalized spacial score (nSPS) is 11.3. The molecule has 0 saturated carbocycles. The fraction of sp³-hybridized carbons (Fsp3) is 0.0833. The molecule has 17 heavy (non-hydrogen) atoms. The van der Waals surface area contributed by atoms with Gasteiger partial charge in [-0.1, -0.05) is 28.1 Å². The van der Waals surface area contributed by atoms with E-state index in [-0.39, 0.29) is 0 Å². The van der Waals surface area contributed by atoms with Crippen molar-refractivity contribution in [1.29, 1.82) is 0 Å². The van der Waals surface area contributed by atoms with Gasteiger partial charge in [-0.05, 0) is 24.6 Å². The minimum Gasteiger partial charge on any atom is -0.260 e. The third kappa shape index (κ3) is 3.35. The first-order chi connectivity index (χ1) is 8.25. The smallest absolute Gasteiger partial charge is 0.164 e. The summed E-state index contributed by atoms with van der Waals surface area (Å²) in [5, 5.41) is 4.24. The second-order valence-corrected chi connectivity index (χ2v) is 4.32. The lowest BCUT2D eigenvalue weighted by molar-refractivity contribution is 1.15. The van der Waals surface area contributed by atoms with E-state index in [2.05, 4.69) is 36.4 Å². The molecule has 2 aromatic rings. The lowest BCUT2D eigenvalue weighted by atomic mass is 10.1. The molecule has 4 nitrogen and oxygen atoms in total. The quantitative estimate of drug-likeness (QED) is 0.698. The van der Waals surface area contributed by atoms with Crippen molar-refractivity contribution in [3.05, 3.63) is 52.9 Å². The van der Waals surface area contributed by atoms with Crippen LogP contribution in [0.1, 0.15) is 12.5 Å². The molecular formula is C12H11BrN4. The van der Waals surface area contributed by atoms with Gasteiger partial charge in [0.05, 0.1) is 11.9 Å². The summed E-state index contributed by atoms with van der Waals surface area (Å²) in [7, 11) is 0. The average Bonchev–Trinajstić information content (AvgIpc) is 2.38. The summed E-state index contributed by atoms with van der Waals surface area (Å²) < 4.78 is 1.05. The molecule has 1 aromatic carbocycles. The molecule has 0 aliphatic carbocycles. The summed E-state index contributed by atoms with van der Waals surface area (Å²) in [4.78, 5) is 8.02. The summed E-state index contributed by atoms with van der Waals surface area (Å²) in [5.74, 6) is 0.629. The first kappa shape index (κ1) is 11.7. The van der Waals surface area contributed by atoms with Crippen LogP contribution in [0.3, 0.4) is 0 Å². The minimum absolute atomic E-state index is 0.629.